The number of allylic oxidation sites excluding steroid dienone is 1. The zero-order valence-corrected chi connectivity index (χ0v) is 17.8. The van der Waals surface area contributed by atoms with Crippen LogP contribution in [0.3, 0.4) is 0 Å². The Balaban J connectivity index is 2.07. The molecule has 1 aliphatic carbocycles. The zero-order chi connectivity index (χ0) is 19.8. The Morgan fingerprint density at radius 3 is 2.23 bits per heavy atom. The van der Waals surface area contributed by atoms with Gasteiger partial charge in [0, 0.05) is 5.54 Å². The van der Waals surface area contributed by atoms with E-state index < -0.39 is 5.60 Å². The molecule has 1 saturated heterocycles. The van der Waals surface area contributed by atoms with Crippen LogP contribution in [0.5, 0.6) is 0 Å². The van der Waals surface area contributed by atoms with Gasteiger partial charge in [0.2, 0.25) is 0 Å². The number of hydrogen-bond donors (Lipinski definition) is 1. The normalized spacial score (nSPS) is 27.8. The lowest BCUT2D eigenvalue weighted by Gasteiger charge is -2.38. The molecule has 1 fully saturated rings. The van der Waals surface area contributed by atoms with Crippen molar-refractivity contribution in [2.75, 3.05) is 0 Å². The van der Waals surface area contributed by atoms with E-state index in [2.05, 4.69) is 46.0 Å². The molecule has 1 N–H and O–H groups in total. The molecule has 0 radical (unpaired) electrons. The van der Waals surface area contributed by atoms with Crippen molar-refractivity contribution >= 4 is 13.2 Å². The van der Waals surface area contributed by atoms with Gasteiger partial charge in [-0.05, 0) is 79.6 Å². The fraction of sp³-hybridized carbons (Fsp3) is 0.850. The van der Waals surface area contributed by atoms with Gasteiger partial charge in [0.25, 0.3) is 0 Å². The monoisotopic (exact) mass is 365 g/mol. The SMILES string of the molecule is CCCC1(NC(=O)OC(C)(C)C)CC=C(B2OC(C)(C)C(C)(C)O2)CC1. The van der Waals surface area contributed by atoms with Gasteiger partial charge < -0.3 is 19.4 Å². The summed E-state index contributed by atoms with van der Waals surface area (Å²) in [5, 5.41) is 3.15. The van der Waals surface area contributed by atoms with Crippen molar-refractivity contribution in [3.63, 3.8) is 0 Å². The second-order valence-corrected chi connectivity index (χ2v) is 9.73. The average Bonchev–Trinajstić information content (AvgIpc) is 2.66. The summed E-state index contributed by atoms with van der Waals surface area (Å²) in [6.45, 7) is 16.1. The zero-order valence-electron chi connectivity index (χ0n) is 17.8. The van der Waals surface area contributed by atoms with Crippen LogP contribution in [0.4, 0.5) is 4.79 Å². The first kappa shape index (κ1) is 21.3. The van der Waals surface area contributed by atoms with Crippen LogP contribution in [0.15, 0.2) is 11.5 Å². The van der Waals surface area contributed by atoms with Gasteiger partial charge in [-0.3, -0.25) is 0 Å². The lowest BCUT2D eigenvalue weighted by molar-refractivity contribution is 0.00578. The number of alkyl carbamates (subject to hydrolysis) is 1. The summed E-state index contributed by atoms with van der Waals surface area (Å²) in [6.07, 6.45) is 6.30. The van der Waals surface area contributed by atoms with Crippen LogP contribution in [0, 0.1) is 0 Å². The van der Waals surface area contributed by atoms with E-state index in [4.69, 9.17) is 14.0 Å². The first-order valence-electron chi connectivity index (χ1n) is 9.85. The molecule has 0 spiro atoms. The van der Waals surface area contributed by atoms with Crippen LogP contribution in [0.1, 0.15) is 87.5 Å². The minimum absolute atomic E-state index is 0.246. The molecule has 1 atom stereocenters. The Kier molecular flexibility index (Phi) is 5.89. The highest BCUT2D eigenvalue weighted by molar-refractivity contribution is 6.54. The first-order chi connectivity index (χ1) is 11.8. The molecule has 6 heteroatoms. The van der Waals surface area contributed by atoms with Gasteiger partial charge in [-0.2, -0.15) is 0 Å². The molecule has 0 aromatic carbocycles. The molecule has 26 heavy (non-hydrogen) atoms. The Hall–Kier alpha value is -1.01. The number of hydrogen-bond acceptors (Lipinski definition) is 4. The summed E-state index contributed by atoms with van der Waals surface area (Å²) in [5.41, 5.74) is -0.211. The Morgan fingerprint density at radius 1 is 1.23 bits per heavy atom. The van der Waals surface area contributed by atoms with Crippen LogP contribution >= 0.6 is 0 Å². The van der Waals surface area contributed by atoms with Crippen LogP contribution in [0.2, 0.25) is 0 Å². The number of nitrogens with one attached hydrogen (secondary N) is 1. The fourth-order valence-corrected chi connectivity index (χ4v) is 3.52. The van der Waals surface area contributed by atoms with Gasteiger partial charge in [-0.1, -0.05) is 19.4 Å². The van der Waals surface area contributed by atoms with Crippen molar-refractivity contribution in [2.45, 2.75) is 110 Å². The van der Waals surface area contributed by atoms with Crippen molar-refractivity contribution < 1.29 is 18.8 Å². The summed E-state index contributed by atoms with van der Waals surface area (Å²) in [6, 6.07) is 0. The predicted octanol–water partition coefficient (Wildman–Crippen LogP) is 4.79. The van der Waals surface area contributed by atoms with Gasteiger partial charge in [-0.15, -0.1) is 0 Å². The molecule has 0 bridgehead atoms. The number of carbonyl (C=O) groups is 1. The molecule has 5 nitrogen and oxygen atoms in total. The molecule has 2 aliphatic rings. The van der Waals surface area contributed by atoms with Gasteiger partial charge in [0.1, 0.15) is 5.60 Å². The van der Waals surface area contributed by atoms with Crippen molar-refractivity contribution in [1.29, 1.82) is 0 Å². The predicted molar refractivity (Wildman–Crippen MR) is 105 cm³/mol. The molecule has 1 amide bonds. The lowest BCUT2D eigenvalue weighted by atomic mass is 9.67. The van der Waals surface area contributed by atoms with E-state index in [1.165, 1.54) is 5.47 Å². The average molecular weight is 365 g/mol. The number of ether oxygens (including phenoxy) is 1. The van der Waals surface area contributed by atoms with Crippen LogP contribution in [-0.2, 0) is 14.0 Å². The van der Waals surface area contributed by atoms with Crippen molar-refractivity contribution in [1.82, 2.24) is 5.32 Å². The maximum atomic E-state index is 12.3. The third-order valence-corrected chi connectivity index (χ3v) is 5.70. The highest BCUT2D eigenvalue weighted by atomic mass is 16.7. The molecule has 148 valence electrons. The summed E-state index contributed by atoms with van der Waals surface area (Å²) in [7, 11) is -0.291. The second-order valence-electron chi connectivity index (χ2n) is 9.73. The van der Waals surface area contributed by atoms with E-state index in [-0.39, 0.29) is 30.0 Å². The number of rotatable bonds is 4. The third-order valence-electron chi connectivity index (χ3n) is 5.70. The fourth-order valence-electron chi connectivity index (χ4n) is 3.52. The molecular formula is C20H36BNO4. The smallest absolute Gasteiger partial charge is 0.444 e. The van der Waals surface area contributed by atoms with Crippen LogP contribution in [0.25, 0.3) is 0 Å². The second kappa shape index (κ2) is 7.19. The lowest BCUT2D eigenvalue weighted by Crippen LogP contribution is -2.51. The van der Waals surface area contributed by atoms with E-state index in [0.717, 1.165) is 32.1 Å². The van der Waals surface area contributed by atoms with E-state index in [0.29, 0.717) is 0 Å². The summed E-state index contributed by atoms with van der Waals surface area (Å²) in [5.74, 6) is 0. The molecule has 1 unspecified atom stereocenters. The van der Waals surface area contributed by atoms with Crippen LogP contribution < -0.4 is 5.32 Å². The maximum Gasteiger partial charge on any atom is 0.490 e. The van der Waals surface area contributed by atoms with Gasteiger partial charge in [0.05, 0.1) is 11.2 Å². The summed E-state index contributed by atoms with van der Waals surface area (Å²) in [4.78, 5) is 12.3. The first-order valence-corrected chi connectivity index (χ1v) is 9.85. The topological polar surface area (TPSA) is 56.8 Å². The highest BCUT2D eigenvalue weighted by Crippen LogP contribution is 2.41. The minimum atomic E-state index is -0.490. The molecule has 2 rings (SSSR count). The Labute approximate surface area is 159 Å². The molecular weight excluding hydrogens is 329 g/mol. The Morgan fingerprint density at radius 2 is 1.81 bits per heavy atom. The minimum Gasteiger partial charge on any atom is -0.444 e. The maximum absolute atomic E-state index is 12.3. The van der Waals surface area contributed by atoms with E-state index in [1.807, 2.05) is 20.8 Å². The van der Waals surface area contributed by atoms with Crippen molar-refractivity contribution in [3.05, 3.63) is 11.5 Å². The van der Waals surface area contributed by atoms with Gasteiger partial charge in [0.15, 0.2) is 0 Å². The van der Waals surface area contributed by atoms with E-state index >= 15 is 0 Å². The molecule has 0 saturated carbocycles. The molecule has 0 aromatic heterocycles. The number of carbonyl (C=O) groups excluding carboxylic acids is 1. The molecule has 0 aromatic rings. The number of amides is 1. The van der Waals surface area contributed by atoms with Crippen molar-refractivity contribution in [3.8, 4) is 0 Å². The van der Waals surface area contributed by atoms with Gasteiger partial charge >= 0.3 is 13.2 Å². The third kappa shape index (κ3) is 4.83. The highest BCUT2D eigenvalue weighted by Gasteiger charge is 2.53. The Bertz CT molecular complexity index is 549. The van der Waals surface area contributed by atoms with Gasteiger partial charge in [-0.25, -0.2) is 4.79 Å². The summed E-state index contributed by atoms with van der Waals surface area (Å²) >= 11 is 0. The van der Waals surface area contributed by atoms with Crippen LogP contribution in [-0.4, -0.2) is 35.6 Å². The van der Waals surface area contributed by atoms with E-state index in [9.17, 15) is 4.79 Å². The molecule has 1 heterocycles. The largest absolute Gasteiger partial charge is 0.490 e. The van der Waals surface area contributed by atoms with E-state index in [1.54, 1.807) is 0 Å². The molecule has 1 aliphatic heterocycles. The van der Waals surface area contributed by atoms with Crippen molar-refractivity contribution in [2.24, 2.45) is 0 Å². The standard InChI is InChI=1S/C20H36BNO4/c1-9-12-20(22-16(23)24-17(2,3)4)13-10-15(11-14-20)21-25-18(5,6)19(7,8)26-21/h10H,9,11-14H2,1-8H3,(H,22,23). The quantitative estimate of drug-likeness (QED) is 0.728. The summed E-state index contributed by atoms with van der Waals surface area (Å²) < 4.78 is 17.8.